The molecule has 0 bridgehead atoms. The minimum absolute atomic E-state index is 0.128. The molecule has 9 heteroatoms. The Bertz CT molecular complexity index is 1710. The lowest BCUT2D eigenvalue weighted by Crippen LogP contribution is -2.40. The van der Waals surface area contributed by atoms with E-state index in [0.29, 0.717) is 50.6 Å². The van der Waals surface area contributed by atoms with Crippen molar-refractivity contribution < 1.29 is 22.7 Å². The summed E-state index contributed by atoms with van der Waals surface area (Å²) < 4.78 is 41.7. The fourth-order valence-corrected chi connectivity index (χ4v) is 6.99. The number of aromatic nitrogens is 1. The molecule has 41 heavy (non-hydrogen) atoms. The van der Waals surface area contributed by atoms with E-state index < -0.39 is 10.0 Å². The number of hydrogen-bond donors (Lipinski definition) is 0. The van der Waals surface area contributed by atoms with Crippen LogP contribution in [-0.4, -0.2) is 62.7 Å². The Morgan fingerprint density at radius 1 is 0.976 bits per heavy atom. The molecule has 0 aliphatic carbocycles. The molecule has 0 N–H and O–H groups in total. The third-order valence-electron chi connectivity index (χ3n) is 7.62. The summed E-state index contributed by atoms with van der Waals surface area (Å²) in [7, 11) is -3.70. The van der Waals surface area contributed by atoms with Crippen LogP contribution in [0.1, 0.15) is 24.5 Å². The third-order valence-corrected chi connectivity index (χ3v) is 9.52. The number of sulfonamides is 1. The normalized spacial score (nSPS) is 17.0. The van der Waals surface area contributed by atoms with Crippen LogP contribution in [0.4, 0.5) is 5.69 Å². The van der Waals surface area contributed by atoms with Gasteiger partial charge in [-0.05, 0) is 55.8 Å². The van der Waals surface area contributed by atoms with E-state index in [0.717, 1.165) is 40.9 Å². The fraction of sp³-hybridized carbons (Fsp3) is 0.281. The van der Waals surface area contributed by atoms with Crippen molar-refractivity contribution in [1.29, 1.82) is 0 Å². The first-order valence-corrected chi connectivity index (χ1v) is 15.4. The molecule has 1 saturated heterocycles. The van der Waals surface area contributed by atoms with Crippen molar-refractivity contribution >= 4 is 44.2 Å². The highest BCUT2D eigenvalue weighted by atomic mass is 32.2. The number of fused-ring (bicyclic) bond motifs is 2. The van der Waals surface area contributed by atoms with E-state index in [2.05, 4.69) is 22.9 Å². The molecule has 8 nitrogen and oxygen atoms in total. The number of rotatable bonds is 9. The summed E-state index contributed by atoms with van der Waals surface area (Å²) >= 11 is 0. The molecule has 0 saturated carbocycles. The lowest BCUT2D eigenvalue weighted by atomic mass is 10.0. The number of morpholine rings is 1. The Kier molecular flexibility index (Phi) is 7.66. The predicted octanol–water partition coefficient (Wildman–Crippen LogP) is 5.04. The summed E-state index contributed by atoms with van der Waals surface area (Å²) in [5, 5.41) is 1.03. The van der Waals surface area contributed by atoms with Gasteiger partial charge in [0.25, 0.3) is 5.91 Å². The van der Waals surface area contributed by atoms with Crippen LogP contribution in [0.3, 0.4) is 0 Å². The summed E-state index contributed by atoms with van der Waals surface area (Å²) in [6.07, 6.45) is 4.79. The van der Waals surface area contributed by atoms with E-state index in [4.69, 9.17) is 9.47 Å². The van der Waals surface area contributed by atoms with Crippen LogP contribution in [0.25, 0.3) is 22.6 Å². The van der Waals surface area contributed by atoms with E-state index in [-0.39, 0.29) is 10.8 Å². The van der Waals surface area contributed by atoms with Gasteiger partial charge in [0.1, 0.15) is 5.75 Å². The second-order valence-corrected chi connectivity index (χ2v) is 12.1. The van der Waals surface area contributed by atoms with Crippen LogP contribution in [0.2, 0.25) is 0 Å². The largest absolute Gasteiger partial charge is 0.494 e. The van der Waals surface area contributed by atoms with Crippen LogP contribution < -0.4 is 9.64 Å². The molecule has 2 aliphatic rings. The SMILES string of the molecule is CCN1C(=O)/C(=C\c2cn(CCCOc3ccccc3)c3ccccc23)c2cc(S(=O)(=O)N3CCOCC3)ccc21. The van der Waals surface area contributed by atoms with Crippen LogP contribution in [-0.2, 0) is 26.1 Å². The molecular weight excluding hydrogens is 538 g/mol. The molecule has 3 heterocycles. The van der Waals surface area contributed by atoms with E-state index in [9.17, 15) is 13.2 Å². The fourth-order valence-electron chi connectivity index (χ4n) is 5.56. The minimum Gasteiger partial charge on any atom is -0.494 e. The van der Waals surface area contributed by atoms with Gasteiger partial charge < -0.3 is 18.9 Å². The smallest absolute Gasteiger partial charge is 0.258 e. The van der Waals surface area contributed by atoms with E-state index in [1.807, 2.05) is 55.5 Å². The first-order chi connectivity index (χ1) is 20.0. The van der Waals surface area contributed by atoms with Gasteiger partial charge in [0.2, 0.25) is 10.0 Å². The number of anilines is 1. The van der Waals surface area contributed by atoms with Gasteiger partial charge in [0.05, 0.1) is 30.4 Å². The summed E-state index contributed by atoms with van der Waals surface area (Å²) in [6.45, 7) is 5.14. The van der Waals surface area contributed by atoms with Gasteiger partial charge in [0.15, 0.2) is 0 Å². The zero-order valence-corrected chi connectivity index (χ0v) is 23.8. The maximum absolute atomic E-state index is 13.6. The highest BCUT2D eigenvalue weighted by molar-refractivity contribution is 7.89. The topological polar surface area (TPSA) is 81.1 Å². The molecule has 1 aromatic heterocycles. The van der Waals surface area contributed by atoms with E-state index >= 15 is 0 Å². The molecule has 2 aliphatic heterocycles. The number of carbonyl (C=O) groups is 1. The van der Waals surface area contributed by atoms with E-state index in [1.165, 1.54) is 4.31 Å². The number of hydrogen-bond acceptors (Lipinski definition) is 5. The Hall–Kier alpha value is -3.92. The molecule has 1 amide bonds. The van der Waals surface area contributed by atoms with Gasteiger partial charge in [-0.25, -0.2) is 8.42 Å². The van der Waals surface area contributed by atoms with Crippen molar-refractivity contribution in [2.24, 2.45) is 0 Å². The number of benzene rings is 3. The predicted molar refractivity (Wildman–Crippen MR) is 160 cm³/mol. The van der Waals surface area contributed by atoms with Crippen molar-refractivity contribution in [2.45, 2.75) is 24.8 Å². The average molecular weight is 572 g/mol. The van der Waals surface area contributed by atoms with Gasteiger partial charge in [-0.1, -0.05) is 36.4 Å². The molecule has 3 aromatic carbocycles. The number of amides is 1. The van der Waals surface area contributed by atoms with Crippen molar-refractivity contribution in [3.05, 3.63) is 90.1 Å². The Labute approximate surface area is 240 Å². The molecule has 4 aromatic rings. The highest BCUT2D eigenvalue weighted by Crippen LogP contribution is 2.40. The zero-order valence-electron chi connectivity index (χ0n) is 23.0. The Morgan fingerprint density at radius 2 is 1.73 bits per heavy atom. The van der Waals surface area contributed by atoms with Crippen LogP contribution in [0, 0.1) is 0 Å². The highest BCUT2D eigenvalue weighted by Gasteiger charge is 2.34. The van der Waals surface area contributed by atoms with Gasteiger partial charge >= 0.3 is 0 Å². The number of ether oxygens (including phenoxy) is 2. The maximum Gasteiger partial charge on any atom is 0.258 e. The number of nitrogens with zero attached hydrogens (tertiary/aromatic N) is 3. The minimum atomic E-state index is -3.70. The molecule has 212 valence electrons. The van der Waals surface area contributed by atoms with Gasteiger partial charge in [-0.3, -0.25) is 4.79 Å². The van der Waals surface area contributed by atoms with Crippen LogP contribution in [0.5, 0.6) is 5.75 Å². The first-order valence-electron chi connectivity index (χ1n) is 14.0. The quantitative estimate of drug-likeness (QED) is 0.208. The van der Waals surface area contributed by atoms with Gasteiger partial charge in [-0.2, -0.15) is 4.31 Å². The van der Waals surface area contributed by atoms with Gasteiger partial charge in [0, 0.05) is 60.0 Å². The molecule has 0 unspecified atom stereocenters. The van der Waals surface area contributed by atoms with Crippen molar-refractivity contribution in [3.63, 3.8) is 0 Å². The molecule has 0 atom stereocenters. The Morgan fingerprint density at radius 3 is 2.51 bits per heavy atom. The monoisotopic (exact) mass is 571 g/mol. The zero-order chi connectivity index (χ0) is 28.4. The number of para-hydroxylation sites is 2. The van der Waals surface area contributed by atoms with Crippen LogP contribution >= 0.6 is 0 Å². The van der Waals surface area contributed by atoms with Crippen LogP contribution in [0.15, 0.2) is 83.9 Å². The molecule has 0 spiro atoms. The second kappa shape index (κ2) is 11.5. The second-order valence-electron chi connectivity index (χ2n) is 10.1. The van der Waals surface area contributed by atoms with E-state index in [1.54, 1.807) is 23.1 Å². The number of carbonyl (C=O) groups excluding carboxylic acids is 1. The molecule has 0 radical (unpaired) electrons. The Balaban J connectivity index is 1.33. The summed E-state index contributed by atoms with van der Waals surface area (Å²) in [6, 6.07) is 22.9. The van der Waals surface area contributed by atoms with Crippen molar-refractivity contribution in [2.75, 3.05) is 44.4 Å². The lowest BCUT2D eigenvalue weighted by molar-refractivity contribution is -0.112. The number of aryl methyl sites for hydroxylation is 1. The molecule has 1 fully saturated rings. The summed E-state index contributed by atoms with van der Waals surface area (Å²) in [4.78, 5) is 15.5. The van der Waals surface area contributed by atoms with Crippen molar-refractivity contribution in [3.8, 4) is 5.75 Å². The third kappa shape index (κ3) is 5.28. The molecular formula is C32H33N3O5S. The number of likely N-dealkylation sites (N-methyl/N-ethyl adjacent to an activating group) is 1. The van der Waals surface area contributed by atoms with Crippen molar-refractivity contribution in [1.82, 2.24) is 8.87 Å². The maximum atomic E-state index is 13.6. The summed E-state index contributed by atoms with van der Waals surface area (Å²) in [5.41, 5.74) is 3.85. The lowest BCUT2D eigenvalue weighted by Gasteiger charge is -2.26. The van der Waals surface area contributed by atoms with Gasteiger partial charge in [-0.15, -0.1) is 0 Å². The summed E-state index contributed by atoms with van der Waals surface area (Å²) in [5.74, 6) is 0.723. The first kappa shape index (κ1) is 27.3. The average Bonchev–Trinajstić information content (AvgIpc) is 3.49. The molecule has 6 rings (SSSR count). The standard InChI is InChI=1S/C32H33N3O5S/c1-2-35-31-14-13-26(41(37,38)34-16-19-39-20-17-34)22-28(31)29(32(35)36)21-24-23-33(30-12-7-6-11-27(24)30)15-8-18-40-25-9-4-3-5-10-25/h3-7,9-14,21-23H,2,8,15-20H2,1H3/b29-21-.